The molecule has 0 aliphatic rings. The van der Waals surface area contributed by atoms with E-state index in [4.69, 9.17) is 11.6 Å². The van der Waals surface area contributed by atoms with Crippen LogP contribution >= 0.6 is 11.6 Å². The summed E-state index contributed by atoms with van der Waals surface area (Å²) in [5, 5.41) is 2.55. The van der Waals surface area contributed by atoms with Crippen LogP contribution in [0.5, 0.6) is 0 Å². The van der Waals surface area contributed by atoms with E-state index in [1.54, 1.807) is 6.92 Å². The van der Waals surface area contributed by atoms with Crippen molar-refractivity contribution in [2.75, 3.05) is 18.1 Å². The second kappa shape index (κ2) is 5.92. The summed E-state index contributed by atoms with van der Waals surface area (Å²) in [4.78, 5) is 19.0. The molecular weight excluding hydrogens is 266 g/mol. The highest BCUT2D eigenvalue weighted by Crippen LogP contribution is 2.02. The predicted molar refractivity (Wildman–Crippen MR) is 63.7 cm³/mol. The summed E-state index contributed by atoms with van der Waals surface area (Å²) < 4.78 is 22.3. The Morgan fingerprint density at radius 3 is 2.76 bits per heavy atom. The molecule has 0 aliphatic heterocycles. The minimum absolute atomic E-state index is 0.0448. The molecule has 1 heterocycles. The lowest BCUT2D eigenvalue weighted by molar-refractivity contribution is 0.0950. The van der Waals surface area contributed by atoms with Crippen molar-refractivity contribution < 1.29 is 13.2 Å². The quantitative estimate of drug-likeness (QED) is 0.836. The molecule has 0 fully saturated rings. The van der Waals surface area contributed by atoms with Gasteiger partial charge < -0.3 is 5.32 Å². The van der Waals surface area contributed by atoms with Crippen LogP contribution in [0.3, 0.4) is 0 Å². The normalized spacial score (nSPS) is 11.2. The molecule has 0 bridgehead atoms. The van der Waals surface area contributed by atoms with Crippen molar-refractivity contribution in [1.82, 2.24) is 15.3 Å². The molecule has 94 valence electrons. The van der Waals surface area contributed by atoms with Crippen LogP contribution < -0.4 is 5.32 Å². The molecule has 6 nitrogen and oxygen atoms in total. The molecule has 0 unspecified atom stereocenters. The summed E-state index contributed by atoms with van der Waals surface area (Å²) in [5.41, 5.74) is 0.0615. The van der Waals surface area contributed by atoms with Gasteiger partial charge in [-0.25, -0.2) is 13.4 Å². The van der Waals surface area contributed by atoms with Gasteiger partial charge in [0, 0.05) is 12.3 Å². The third-order valence-corrected chi connectivity index (χ3v) is 3.86. The highest BCUT2D eigenvalue weighted by Gasteiger charge is 2.11. The van der Waals surface area contributed by atoms with E-state index >= 15 is 0 Å². The van der Waals surface area contributed by atoms with Crippen LogP contribution in [0.1, 0.15) is 17.4 Å². The molecule has 0 aromatic carbocycles. The van der Waals surface area contributed by atoms with Gasteiger partial charge in [0.2, 0.25) is 0 Å². The number of amides is 1. The first kappa shape index (κ1) is 13.9. The van der Waals surface area contributed by atoms with Crippen LogP contribution in [0.4, 0.5) is 0 Å². The van der Waals surface area contributed by atoms with E-state index in [2.05, 4.69) is 15.3 Å². The Hall–Kier alpha value is -1.21. The summed E-state index contributed by atoms with van der Waals surface area (Å²) in [6.07, 6.45) is 2.56. The van der Waals surface area contributed by atoms with Crippen LogP contribution in [0.2, 0.25) is 5.15 Å². The topological polar surface area (TPSA) is 89.0 Å². The Bertz CT molecular complexity index is 504. The zero-order chi connectivity index (χ0) is 12.9. The maximum atomic E-state index is 11.5. The molecule has 0 atom stereocenters. The van der Waals surface area contributed by atoms with E-state index in [1.165, 1.54) is 12.4 Å². The molecule has 1 aromatic heterocycles. The van der Waals surface area contributed by atoms with Crippen LogP contribution in [-0.4, -0.2) is 42.3 Å². The molecule has 1 aromatic rings. The Morgan fingerprint density at radius 2 is 2.18 bits per heavy atom. The second-order valence-electron chi connectivity index (χ2n) is 3.22. The zero-order valence-electron chi connectivity index (χ0n) is 9.18. The Morgan fingerprint density at radius 1 is 1.47 bits per heavy atom. The molecule has 1 amide bonds. The van der Waals surface area contributed by atoms with Crippen LogP contribution in [-0.2, 0) is 9.84 Å². The summed E-state index contributed by atoms with van der Waals surface area (Å²) in [7, 11) is -3.08. The Balaban J connectivity index is 2.51. The fourth-order valence-corrected chi connectivity index (χ4v) is 1.86. The molecule has 17 heavy (non-hydrogen) atoms. The molecule has 1 N–H and O–H groups in total. The van der Waals surface area contributed by atoms with Gasteiger partial charge >= 0.3 is 0 Å². The van der Waals surface area contributed by atoms with Gasteiger partial charge in [-0.3, -0.25) is 9.78 Å². The van der Waals surface area contributed by atoms with E-state index in [9.17, 15) is 13.2 Å². The van der Waals surface area contributed by atoms with Gasteiger partial charge in [0.25, 0.3) is 5.91 Å². The molecule has 0 spiro atoms. The lowest BCUT2D eigenvalue weighted by Gasteiger charge is -2.04. The van der Waals surface area contributed by atoms with E-state index < -0.39 is 15.7 Å². The molecule has 0 aliphatic carbocycles. The smallest absolute Gasteiger partial charge is 0.271 e. The number of hydrogen-bond donors (Lipinski definition) is 1. The lowest BCUT2D eigenvalue weighted by atomic mass is 10.4. The monoisotopic (exact) mass is 277 g/mol. The van der Waals surface area contributed by atoms with Gasteiger partial charge in [-0.15, -0.1) is 0 Å². The third-order valence-electron chi connectivity index (χ3n) is 1.98. The van der Waals surface area contributed by atoms with Gasteiger partial charge in [0.1, 0.15) is 10.8 Å². The van der Waals surface area contributed by atoms with Crippen molar-refractivity contribution in [1.29, 1.82) is 0 Å². The number of carbonyl (C=O) groups excluding carboxylic acids is 1. The third kappa shape index (κ3) is 4.66. The fourth-order valence-electron chi connectivity index (χ4n) is 1.01. The lowest BCUT2D eigenvalue weighted by Crippen LogP contribution is -2.30. The number of rotatable bonds is 5. The minimum atomic E-state index is -3.08. The summed E-state index contributed by atoms with van der Waals surface area (Å²) in [6, 6.07) is 0. The standard InChI is InChI=1S/C9H12ClN3O3S/c1-2-17(15,16)4-3-12-9(14)7-5-11-6-8(10)13-7/h5-6H,2-4H2,1H3,(H,12,14). The number of nitrogens with one attached hydrogen (secondary N) is 1. The van der Waals surface area contributed by atoms with Gasteiger partial charge in [0.05, 0.1) is 18.1 Å². The van der Waals surface area contributed by atoms with E-state index in [0.29, 0.717) is 0 Å². The highest BCUT2D eigenvalue weighted by molar-refractivity contribution is 7.91. The number of halogens is 1. The van der Waals surface area contributed by atoms with Gasteiger partial charge in [0.15, 0.2) is 9.84 Å². The van der Waals surface area contributed by atoms with Crippen molar-refractivity contribution in [2.45, 2.75) is 6.92 Å². The molecular formula is C9H12ClN3O3S. The number of aromatic nitrogens is 2. The number of nitrogens with zero attached hydrogens (tertiary/aromatic N) is 2. The van der Waals surface area contributed by atoms with Crippen molar-refractivity contribution >= 4 is 27.3 Å². The van der Waals surface area contributed by atoms with Crippen molar-refractivity contribution in [3.8, 4) is 0 Å². The summed E-state index contributed by atoms with van der Waals surface area (Å²) in [5.74, 6) is -0.533. The molecule has 0 saturated carbocycles. The van der Waals surface area contributed by atoms with Crippen molar-refractivity contribution in [2.24, 2.45) is 0 Å². The van der Waals surface area contributed by atoms with Crippen LogP contribution in [0.25, 0.3) is 0 Å². The van der Waals surface area contributed by atoms with Crippen LogP contribution in [0.15, 0.2) is 12.4 Å². The van der Waals surface area contributed by atoms with E-state index in [1.807, 2.05) is 0 Å². The maximum absolute atomic E-state index is 11.5. The minimum Gasteiger partial charge on any atom is -0.350 e. The SMILES string of the molecule is CCS(=O)(=O)CCNC(=O)c1cncc(Cl)n1. The van der Waals surface area contributed by atoms with Gasteiger partial charge in [-0.1, -0.05) is 18.5 Å². The second-order valence-corrected chi connectivity index (χ2v) is 6.08. The molecule has 1 rings (SSSR count). The Labute approximate surface area is 104 Å². The van der Waals surface area contributed by atoms with E-state index in [-0.39, 0.29) is 28.9 Å². The van der Waals surface area contributed by atoms with E-state index in [0.717, 1.165) is 0 Å². The first-order chi connectivity index (χ1) is 7.94. The van der Waals surface area contributed by atoms with Crippen molar-refractivity contribution in [3.05, 3.63) is 23.2 Å². The highest BCUT2D eigenvalue weighted by atomic mass is 35.5. The van der Waals surface area contributed by atoms with Gasteiger partial charge in [-0.05, 0) is 0 Å². The summed E-state index contributed by atoms with van der Waals surface area (Å²) >= 11 is 5.57. The molecule has 0 saturated heterocycles. The average Bonchev–Trinajstić information content (AvgIpc) is 2.28. The van der Waals surface area contributed by atoms with Gasteiger partial charge in [-0.2, -0.15) is 0 Å². The first-order valence-corrected chi connectivity index (χ1v) is 7.10. The maximum Gasteiger partial charge on any atom is 0.271 e. The number of hydrogen-bond acceptors (Lipinski definition) is 5. The largest absolute Gasteiger partial charge is 0.350 e. The molecule has 0 radical (unpaired) electrons. The molecule has 8 heteroatoms. The zero-order valence-corrected chi connectivity index (χ0v) is 10.8. The van der Waals surface area contributed by atoms with Crippen molar-refractivity contribution in [3.63, 3.8) is 0 Å². The fraction of sp³-hybridized carbons (Fsp3) is 0.444. The predicted octanol–water partition coefficient (Wildman–Crippen LogP) is 0.295. The Kier molecular flexibility index (Phi) is 4.83. The van der Waals surface area contributed by atoms with Crippen LogP contribution in [0, 0.1) is 0 Å². The number of sulfone groups is 1. The first-order valence-electron chi connectivity index (χ1n) is 4.91. The summed E-state index contributed by atoms with van der Waals surface area (Å²) in [6.45, 7) is 1.60. The average molecular weight is 278 g/mol. The number of carbonyl (C=O) groups is 1.